The van der Waals surface area contributed by atoms with Crippen LogP contribution in [0.15, 0.2) is 88.1 Å². The van der Waals surface area contributed by atoms with Gasteiger partial charge in [0.2, 0.25) is 0 Å². The molecule has 0 bridgehead atoms. The van der Waals surface area contributed by atoms with Crippen LogP contribution in [-0.2, 0) is 16.1 Å². The summed E-state index contributed by atoms with van der Waals surface area (Å²) >= 11 is 0. The van der Waals surface area contributed by atoms with Crippen LogP contribution in [0.2, 0.25) is 0 Å². The number of amides is 1. The maximum atomic E-state index is 13.0. The predicted octanol–water partition coefficient (Wildman–Crippen LogP) is 5.86. The van der Waals surface area contributed by atoms with E-state index in [4.69, 9.17) is 18.6 Å². The number of benzene rings is 3. The average molecular weight is 516 g/mol. The van der Waals surface area contributed by atoms with E-state index in [2.05, 4.69) is 5.32 Å². The molecule has 0 aliphatic carbocycles. The molecule has 0 saturated carbocycles. The van der Waals surface area contributed by atoms with Gasteiger partial charge in [0.1, 0.15) is 29.7 Å². The Hall–Kier alpha value is -4.59. The summed E-state index contributed by atoms with van der Waals surface area (Å²) in [5, 5.41) is 3.29. The number of nitrogens with one attached hydrogen (secondary N) is 1. The van der Waals surface area contributed by atoms with Crippen LogP contribution >= 0.6 is 0 Å². The molecule has 0 radical (unpaired) electrons. The lowest BCUT2D eigenvalue weighted by molar-refractivity contribution is -0.136. The number of carbonyl (C=O) groups is 2. The fraction of sp³-hybridized carbons (Fsp3) is 0.233. The number of hydrogen-bond acceptors (Lipinski definition) is 7. The molecule has 1 amide bonds. The van der Waals surface area contributed by atoms with Gasteiger partial charge in [-0.25, -0.2) is 14.4 Å². The molecular formula is C30H29NO7. The van der Waals surface area contributed by atoms with Gasteiger partial charge in [0.15, 0.2) is 0 Å². The summed E-state index contributed by atoms with van der Waals surface area (Å²) in [5.74, 6) is 0.256. The van der Waals surface area contributed by atoms with Gasteiger partial charge in [-0.2, -0.15) is 0 Å². The highest BCUT2D eigenvalue weighted by Gasteiger charge is 2.23. The van der Waals surface area contributed by atoms with Gasteiger partial charge < -0.3 is 23.9 Å². The highest BCUT2D eigenvalue weighted by molar-refractivity contribution is 5.94. The number of carbonyl (C=O) groups excluding carboxylic acids is 2. The number of unbranched alkanes of at least 4 members (excludes halogenated alkanes) is 1. The number of methoxy groups -OCH3 is 1. The summed E-state index contributed by atoms with van der Waals surface area (Å²) in [6.07, 6.45) is 1.22. The van der Waals surface area contributed by atoms with E-state index in [-0.39, 0.29) is 17.9 Å². The molecule has 4 aromatic rings. The van der Waals surface area contributed by atoms with Crippen LogP contribution in [-0.4, -0.2) is 25.2 Å². The summed E-state index contributed by atoms with van der Waals surface area (Å²) < 4.78 is 21.4. The van der Waals surface area contributed by atoms with Gasteiger partial charge in [-0.3, -0.25) is 0 Å². The Labute approximate surface area is 220 Å². The SMILES string of the molecule is CCCC[C@@H](NC(=O)OCc1ccccc1)C(=O)Oc1ccc2c(-c3ccc(OC)cc3)cc(=O)oc2c1. The minimum Gasteiger partial charge on any atom is -0.497 e. The Morgan fingerprint density at radius 1 is 0.947 bits per heavy atom. The smallest absolute Gasteiger partial charge is 0.408 e. The molecule has 0 aliphatic heterocycles. The maximum Gasteiger partial charge on any atom is 0.408 e. The third-order valence-electron chi connectivity index (χ3n) is 5.97. The predicted molar refractivity (Wildman–Crippen MR) is 143 cm³/mol. The number of fused-ring (bicyclic) bond motifs is 1. The minimum atomic E-state index is -0.897. The second-order valence-electron chi connectivity index (χ2n) is 8.69. The topological polar surface area (TPSA) is 104 Å². The van der Waals surface area contributed by atoms with Crippen molar-refractivity contribution in [3.63, 3.8) is 0 Å². The van der Waals surface area contributed by atoms with Gasteiger partial charge in [-0.15, -0.1) is 0 Å². The lowest BCUT2D eigenvalue weighted by Gasteiger charge is -2.17. The quantitative estimate of drug-likeness (QED) is 0.160. The van der Waals surface area contributed by atoms with Gasteiger partial charge in [-0.05, 0) is 47.4 Å². The Morgan fingerprint density at radius 3 is 2.39 bits per heavy atom. The molecule has 0 unspecified atom stereocenters. The van der Waals surface area contributed by atoms with Crippen LogP contribution in [0, 0.1) is 0 Å². The molecule has 1 N–H and O–H groups in total. The molecule has 1 aromatic heterocycles. The van der Waals surface area contributed by atoms with Crippen molar-refractivity contribution in [1.29, 1.82) is 0 Å². The van der Waals surface area contributed by atoms with Crippen molar-refractivity contribution in [3.05, 3.63) is 94.8 Å². The fourth-order valence-corrected chi connectivity index (χ4v) is 3.97. The molecular weight excluding hydrogens is 486 g/mol. The van der Waals surface area contributed by atoms with Gasteiger partial charge in [0.25, 0.3) is 0 Å². The van der Waals surface area contributed by atoms with Crippen molar-refractivity contribution in [2.75, 3.05) is 7.11 Å². The summed E-state index contributed by atoms with van der Waals surface area (Å²) in [6, 6.07) is 21.9. The van der Waals surface area contributed by atoms with E-state index in [1.54, 1.807) is 31.4 Å². The van der Waals surface area contributed by atoms with Crippen LogP contribution in [0.25, 0.3) is 22.1 Å². The first kappa shape index (κ1) is 26.5. The van der Waals surface area contributed by atoms with E-state index in [0.717, 1.165) is 17.5 Å². The molecule has 3 aromatic carbocycles. The number of rotatable bonds is 10. The molecule has 4 rings (SSSR count). The Kier molecular flexibility index (Phi) is 8.77. The summed E-state index contributed by atoms with van der Waals surface area (Å²) in [7, 11) is 1.58. The highest BCUT2D eigenvalue weighted by atomic mass is 16.6. The minimum absolute atomic E-state index is 0.0858. The zero-order chi connectivity index (χ0) is 26.9. The summed E-state index contributed by atoms with van der Waals surface area (Å²) in [5.41, 5.74) is 2.07. The van der Waals surface area contributed by atoms with Crippen LogP contribution in [0.4, 0.5) is 4.79 Å². The van der Waals surface area contributed by atoms with E-state index < -0.39 is 23.7 Å². The molecule has 38 heavy (non-hydrogen) atoms. The summed E-state index contributed by atoms with van der Waals surface area (Å²) in [6.45, 7) is 2.07. The monoisotopic (exact) mass is 515 g/mol. The zero-order valence-corrected chi connectivity index (χ0v) is 21.3. The maximum absolute atomic E-state index is 13.0. The van der Waals surface area contributed by atoms with Crippen LogP contribution in [0.3, 0.4) is 0 Å². The van der Waals surface area contributed by atoms with E-state index in [0.29, 0.717) is 29.5 Å². The van der Waals surface area contributed by atoms with Crippen molar-refractivity contribution in [3.8, 4) is 22.6 Å². The van der Waals surface area contributed by atoms with Crippen LogP contribution < -0.4 is 20.4 Å². The molecule has 8 nitrogen and oxygen atoms in total. The molecule has 1 atom stereocenters. The average Bonchev–Trinajstić information content (AvgIpc) is 2.94. The zero-order valence-electron chi connectivity index (χ0n) is 21.3. The largest absolute Gasteiger partial charge is 0.497 e. The van der Waals surface area contributed by atoms with E-state index in [9.17, 15) is 14.4 Å². The van der Waals surface area contributed by atoms with E-state index in [1.807, 2.05) is 49.4 Å². The van der Waals surface area contributed by atoms with Crippen molar-refractivity contribution in [2.45, 2.75) is 38.8 Å². The Bertz CT molecular complexity index is 1450. The third-order valence-corrected chi connectivity index (χ3v) is 5.97. The molecule has 0 spiro atoms. The van der Waals surface area contributed by atoms with Crippen molar-refractivity contribution >= 4 is 23.0 Å². The van der Waals surface area contributed by atoms with Crippen molar-refractivity contribution in [1.82, 2.24) is 5.32 Å². The van der Waals surface area contributed by atoms with Gasteiger partial charge in [-0.1, -0.05) is 62.2 Å². The van der Waals surface area contributed by atoms with Crippen molar-refractivity contribution < 1.29 is 28.2 Å². The van der Waals surface area contributed by atoms with Crippen molar-refractivity contribution in [2.24, 2.45) is 0 Å². The van der Waals surface area contributed by atoms with Crippen LogP contribution in [0.1, 0.15) is 31.7 Å². The van der Waals surface area contributed by atoms with Crippen LogP contribution in [0.5, 0.6) is 11.5 Å². The lowest BCUT2D eigenvalue weighted by atomic mass is 10.0. The molecule has 0 saturated heterocycles. The molecule has 1 heterocycles. The van der Waals surface area contributed by atoms with Gasteiger partial charge >= 0.3 is 17.7 Å². The normalized spacial score (nSPS) is 11.5. The number of esters is 1. The second kappa shape index (κ2) is 12.6. The Morgan fingerprint density at radius 2 is 1.68 bits per heavy atom. The second-order valence-corrected chi connectivity index (χ2v) is 8.69. The number of hydrogen-bond donors (Lipinski definition) is 1. The Balaban J connectivity index is 1.49. The molecule has 8 heteroatoms. The lowest BCUT2D eigenvalue weighted by Crippen LogP contribution is -2.43. The summed E-state index contributed by atoms with van der Waals surface area (Å²) in [4.78, 5) is 37.6. The first-order valence-electron chi connectivity index (χ1n) is 12.4. The molecule has 0 aliphatic rings. The molecule has 0 fully saturated rings. The standard InChI is InChI=1S/C30H29NO7/c1-3-4-10-26(31-30(34)36-19-20-8-6-5-7-9-20)29(33)37-23-15-16-24-25(18-28(32)38-27(24)17-23)21-11-13-22(35-2)14-12-21/h5-9,11-18,26H,3-4,10,19H2,1-2H3,(H,31,34)/t26-/m1/s1. The third kappa shape index (κ3) is 6.79. The first-order chi connectivity index (χ1) is 18.5. The van der Waals surface area contributed by atoms with Gasteiger partial charge in [0.05, 0.1) is 7.11 Å². The number of ether oxygens (including phenoxy) is 3. The van der Waals surface area contributed by atoms with E-state index >= 15 is 0 Å². The van der Waals surface area contributed by atoms with Gasteiger partial charge in [0, 0.05) is 17.5 Å². The van der Waals surface area contributed by atoms with E-state index in [1.165, 1.54) is 12.1 Å². The fourth-order valence-electron chi connectivity index (χ4n) is 3.97. The first-order valence-corrected chi connectivity index (χ1v) is 12.4. The highest BCUT2D eigenvalue weighted by Crippen LogP contribution is 2.31. The number of alkyl carbamates (subject to hydrolysis) is 1. The molecule has 196 valence electrons.